The van der Waals surface area contributed by atoms with Crippen molar-refractivity contribution in [2.45, 2.75) is 19.4 Å². The van der Waals surface area contributed by atoms with Gasteiger partial charge in [0.15, 0.2) is 0 Å². The minimum Gasteiger partial charge on any atom is -0.497 e. The maximum atomic E-state index is 12.8. The SMILES string of the molecule is COc1cccc(C=C2SC(=S)N(CCCC(=O)N(CCO)Cc3ccccc3)C2=O)c1. The van der Waals surface area contributed by atoms with E-state index in [1.165, 1.54) is 11.8 Å². The van der Waals surface area contributed by atoms with Gasteiger partial charge in [0.05, 0.1) is 18.6 Å². The summed E-state index contributed by atoms with van der Waals surface area (Å²) in [6.07, 6.45) is 2.57. The largest absolute Gasteiger partial charge is 0.497 e. The zero-order valence-corrected chi connectivity index (χ0v) is 19.5. The lowest BCUT2D eigenvalue weighted by Gasteiger charge is -2.22. The number of hydrogen-bond donors (Lipinski definition) is 1. The first-order valence-corrected chi connectivity index (χ1v) is 11.6. The number of aliphatic hydroxyl groups is 1. The third kappa shape index (κ3) is 6.41. The average molecular weight is 471 g/mol. The van der Waals surface area contributed by atoms with Crippen LogP contribution in [0.5, 0.6) is 5.75 Å². The first-order valence-electron chi connectivity index (χ1n) is 10.3. The highest BCUT2D eigenvalue weighted by Gasteiger charge is 2.31. The Labute approximate surface area is 197 Å². The van der Waals surface area contributed by atoms with Gasteiger partial charge in [-0.3, -0.25) is 14.5 Å². The highest BCUT2D eigenvalue weighted by molar-refractivity contribution is 8.26. The monoisotopic (exact) mass is 470 g/mol. The van der Waals surface area contributed by atoms with Crippen LogP contribution in [0.25, 0.3) is 6.08 Å². The summed E-state index contributed by atoms with van der Waals surface area (Å²) in [6.45, 7) is 1.01. The second kappa shape index (κ2) is 11.8. The van der Waals surface area contributed by atoms with Gasteiger partial charge in [0.1, 0.15) is 10.1 Å². The molecule has 2 aromatic carbocycles. The average Bonchev–Trinajstić information content (AvgIpc) is 3.06. The summed E-state index contributed by atoms with van der Waals surface area (Å²) in [5.74, 6) is 0.516. The zero-order chi connectivity index (χ0) is 22.9. The quantitative estimate of drug-likeness (QED) is 0.422. The molecule has 1 saturated heterocycles. The van der Waals surface area contributed by atoms with Gasteiger partial charge >= 0.3 is 0 Å². The Morgan fingerprint density at radius 2 is 2.00 bits per heavy atom. The van der Waals surface area contributed by atoms with E-state index >= 15 is 0 Å². The van der Waals surface area contributed by atoms with Gasteiger partial charge in [-0.05, 0) is 35.8 Å². The number of thioether (sulfide) groups is 1. The molecule has 8 heteroatoms. The van der Waals surface area contributed by atoms with Crippen LogP contribution in [0.15, 0.2) is 59.5 Å². The van der Waals surface area contributed by atoms with E-state index in [-0.39, 0.29) is 31.4 Å². The molecule has 2 amide bonds. The first kappa shape index (κ1) is 24.0. The molecule has 168 valence electrons. The van der Waals surface area contributed by atoms with Crippen LogP contribution in [-0.4, -0.2) is 57.8 Å². The molecule has 0 saturated carbocycles. The lowest BCUT2D eigenvalue weighted by atomic mass is 10.2. The number of nitrogens with zero attached hydrogens (tertiary/aromatic N) is 2. The van der Waals surface area contributed by atoms with Crippen molar-refractivity contribution in [3.8, 4) is 5.75 Å². The number of carbonyl (C=O) groups is 2. The maximum Gasteiger partial charge on any atom is 0.266 e. The lowest BCUT2D eigenvalue weighted by molar-refractivity contribution is -0.132. The number of benzene rings is 2. The van der Waals surface area contributed by atoms with Crippen LogP contribution in [0, 0.1) is 0 Å². The van der Waals surface area contributed by atoms with E-state index in [0.29, 0.717) is 28.7 Å². The van der Waals surface area contributed by atoms with E-state index in [1.54, 1.807) is 23.0 Å². The Kier molecular flexibility index (Phi) is 8.84. The standard InChI is InChI=1S/C24H26N2O4S2/c1-30-20-10-5-9-19(15-20)16-21-23(29)26(24(31)32-21)12-6-11-22(28)25(13-14-27)17-18-7-3-2-4-8-18/h2-5,7-10,15-16,27H,6,11-14,17H2,1H3. The van der Waals surface area contributed by atoms with Gasteiger partial charge in [0, 0.05) is 26.1 Å². The van der Waals surface area contributed by atoms with Crippen molar-refractivity contribution < 1.29 is 19.4 Å². The molecule has 0 radical (unpaired) electrons. The van der Waals surface area contributed by atoms with Crippen LogP contribution in [0.3, 0.4) is 0 Å². The van der Waals surface area contributed by atoms with Crippen LogP contribution in [0.2, 0.25) is 0 Å². The zero-order valence-electron chi connectivity index (χ0n) is 17.9. The molecule has 1 N–H and O–H groups in total. The van der Waals surface area contributed by atoms with Crippen LogP contribution in [-0.2, 0) is 16.1 Å². The summed E-state index contributed by atoms with van der Waals surface area (Å²) in [6, 6.07) is 17.1. The fourth-order valence-electron chi connectivity index (χ4n) is 3.34. The van der Waals surface area contributed by atoms with Crippen LogP contribution in [0.4, 0.5) is 0 Å². The molecule has 1 aliphatic heterocycles. The molecule has 0 aliphatic carbocycles. The minimum absolute atomic E-state index is 0.0553. The Bertz CT molecular complexity index is 995. The Morgan fingerprint density at radius 3 is 2.72 bits per heavy atom. The van der Waals surface area contributed by atoms with Crippen molar-refractivity contribution in [1.29, 1.82) is 0 Å². The number of rotatable bonds is 10. The van der Waals surface area contributed by atoms with E-state index in [2.05, 4.69) is 0 Å². The Balaban J connectivity index is 1.56. The normalized spacial score (nSPS) is 14.8. The number of methoxy groups -OCH3 is 1. The lowest BCUT2D eigenvalue weighted by Crippen LogP contribution is -2.34. The van der Waals surface area contributed by atoms with Crippen molar-refractivity contribution >= 4 is 46.2 Å². The molecule has 1 fully saturated rings. The fraction of sp³-hybridized carbons (Fsp3) is 0.292. The molecular formula is C24H26N2O4S2. The molecule has 0 atom stereocenters. The van der Waals surface area contributed by atoms with Gasteiger partial charge < -0.3 is 14.7 Å². The number of carbonyl (C=O) groups excluding carboxylic acids is 2. The van der Waals surface area contributed by atoms with E-state index in [4.69, 9.17) is 17.0 Å². The fourth-order valence-corrected chi connectivity index (χ4v) is 4.65. The molecule has 0 spiro atoms. The summed E-state index contributed by atoms with van der Waals surface area (Å²) in [5, 5.41) is 9.33. The molecule has 1 heterocycles. The molecule has 6 nitrogen and oxygen atoms in total. The Morgan fingerprint density at radius 1 is 1.22 bits per heavy atom. The molecule has 1 aliphatic rings. The van der Waals surface area contributed by atoms with Gasteiger partial charge in [0.25, 0.3) is 5.91 Å². The van der Waals surface area contributed by atoms with E-state index in [1.807, 2.05) is 54.6 Å². The number of amides is 2. The maximum absolute atomic E-state index is 12.8. The smallest absolute Gasteiger partial charge is 0.266 e. The summed E-state index contributed by atoms with van der Waals surface area (Å²) < 4.78 is 5.72. The Hall–Kier alpha value is -2.68. The summed E-state index contributed by atoms with van der Waals surface area (Å²) in [7, 11) is 1.60. The minimum atomic E-state index is -0.147. The van der Waals surface area contributed by atoms with Crippen molar-refractivity contribution in [2.24, 2.45) is 0 Å². The third-order valence-corrected chi connectivity index (χ3v) is 6.35. The third-order valence-electron chi connectivity index (χ3n) is 4.98. The van der Waals surface area contributed by atoms with Gasteiger partial charge in [-0.15, -0.1) is 0 Å². The van der Waals surface area contributed by atoms with Gasteiger partial charge in [-0.2, -0.15) is 0 Å². The van der Waals surface area contributed by atoms with Gasteiger partial charge in [-0.25, -0.2) is 0 Å². The van der Waals surface area contributed by atoms with Gasteiger partial charge in [0.2, 0.25) is 5.91 Å². The number of thiocarbonyl (C=S) groups is 1. The van der Waals surface area contributed by atoms with Crippen molar-refractivity contribution in [3.63, 3.8) is 0 Å². The second-order valence-electron chi connectivity index (χ2n) is 7.24. The van der Waals surface area contributed by atoms with Crippen molar-refractivity contribution in [1.82, 2.24) is 9.80 Å². The van der Waals surface area contributed by atoms with Crippen molar-refractivity contribution in [3.05, 3.63) is 70.6 Å². The van der Waals surface area contributed by atoms with Crippen molar-refractivity contribution in [2.75, 3.05) is 26.8 Å². The number of hydrogen-bond acceptors (Lipinski definition) is 6. The highest BCUT2D eigenvalue weighted by Crippen LogP contribution is 2.33. The predicted octanol–water partition coefficient (Wildman–Crippen LogP) is 3.70. The number of ether oxygens (including phenoxy) is 1. The second-order valence-corrected chi connectivity index (χ2v) is 8.91. The summed E-state index contributed by atoms with van der Waals surface area (Å²) >= 11 is 6.66. The first-order chi connectivity index (χ1) is 15.5. The molecule has 2 aromatic rings. The molecule has 32 heavy (non-hydrogen) atoms. The van der Waals surface area contributed by atoms with Crippen LogP contribution < -0.4 is 4.74 Å². The van der Waals surface area contributed by atoms with Gasteiger partial charge in [-0.1, -0.05) is 66.4 Å². The van der Waals surface area contributed by atoms with Crippen LogP contribution >= 0.6 is 24.0 Å². The summed E-state index contributed by atoms with van der Waals surface area (Å²) in [5.41, 5.74) is 1.87. The van der Waals surface area contributed by atoms with Crippen LogP contribution in [0.1, 0.15) is 24.0 Å². The number of aliphatic hydroxyl groups excluding tert-OH is 1. The molecule has 0 aromatic heterocycles. The topological polar surface area (TPSA) is 70.1 Å². The predicted molar refractivity (Wildman–Crippen MR) is 131 cm³/mol. The van der Waals surface area contributed by atoms with E-state index in [9.17, 15) is 14.7 Å². The summed E-state index contributed by atoms with van der Waals surface area (Å²) in [4.78, 5) is 29.3. The molecule has 3 rings (SSSR count). The van der Waals surface area contributed by atoms with E-state index in [0.717, 1.165) is 16.9 Å². The van der Waals surface area contributed by atoms with E-state index < -0.39 is 0 Å². The molecular weight excluding hydrogens is 444 g/mol. The molecule has 0 bridgehead atoms. The molecule has 0 unspecified atom stereocenters. The highest BCUT2D eigenvalue weighted by atomic mass is 32.2.